The summed E-state index contributed by atoms with van der Waals surface area (Å²) < 4.78 is 1.52. The first-order valence-electron chi connectivity index (χ1n) is 11.3. The molecule has 0 spiro atoms. The Balaban J connectivity index is 1.73. The molecule has 0 radical (unpaired) electrons. The van der Waals surface area contributed by atoms with Gasteiger partial charge in [0, 0.05) is 24.1 Å². The third-order valence-corrected chi connectivity index (χ3v) is 5.66. The number of benzene rings is 2. The third-order valence-electron chi connectivity index (χ3n) is 5.66. The first-order chi connectivity index (χ1) is 17.8. The molecule has 0 aliphatic rings. The van der Waals surface area contributed by atoms with Crippen molar-refractivity contribution in [1.82, 2.24) is 24.6 Å². The predicted molar refractivity (Wildman–Crippen MR) is 138 cm³/mol. The quantitative estimate of drug-likeness (QED) is 0.337. The number of nitrogens with two attached hydrogens (primary N) is 1. The molecule has 4 rings (SSSR count). The van der Waals surface area contributed by atoms with Crippen molar-refractivity contribution in [2.45, 2.75) is 13.0 Å². The van der Waals surface area contributed by atoms with Crippen LogP contribution < -0.4 is 5.73 Å². The van der Waals surface area contributed by atoms with Crippen molar-refractivity contribution in [3.05, 3.63) is 91.3 Å². The Bertz CT molecular complexity index is 1530. The number of carbonyl (C=O) groups is 3. The maximum absolute atomic E-state index is 13.0. The summed E-state index contributed by atoms with van der Waals surface area (Å²) in [4.78, 5) is 46.9. The van der Waals surface area contributed by atoms with Gasteiger partial charge in [0.15, 0.2) is 11.4 Å². The van der Waals surface area contributed by atoms with Crippen LogP contribution in [0.4, 0.5) is 5.82 Å². The highest BCUT2D eigenvalue weighted by Crippen LogP contribution is 2.33. The molecule has 10 nitrogen and oxygen atoms in total. The number of carbonyl (C=O) groups excluding carboxylic acids is 3. The zero-order valence-corrected chi connectivity index (χ0v) is 19.9. The van der Waals surface area contributed by atoms with Crippen LogP contribution in [0.1, 0.15) is 15.9 Å². The van der Waals surface area contributed by atoms with Crippen LogP contribution in [0.15, 0.2) is 80.2 Å². The minimum atomic E-state index is -0.552. The number of phenolic OH excluding ortho intramolecular Hbond substituents is 1. The normalized spacial score (nSPS) is 10.7. The molecule has 37 heavy (non-hydrogen) atoms. The van der Waals surface area contributed by atoms with Crippen molar-refractivity contribution < 1.29 is 19.5 Å². The molecule has 186 valence electrons. The number of anilines is 1. The van der Waals surface area contributed by atoms with Gasteiger partial charge in [-0.2, -0.15) is 5.10 Å². The van der Waals surface area contributed by atoms with Crippen molar-refractivity contribution in [1.29, 1.82) is 0 Å². The van der Waals surface area contributed by atoms with Gasteiger partial charge in [-0.05, 0) is 48.0 Å². The summed E-state index contributed by atoms with van der Waals surface area (Å²) >= 11 is 0. The van der Waals surface area contributed by atoms with E-state index >= 15 is 0 Å². The van der Waals surface area contributed by atoms with Gasteiger partial charge in [0.2, 0.25) is 0 Å². The van der Waals surface area contributed by atoms with Crippen LogP contribution in [0, 0.1) is 0 Å². The summed E-state index contributed by atoms with van der Waals surface area (Å²) in [6.45, 7) is 7.07. The smallest absolute Gasteiger partial charge is 0.260 e. The average Bonchev–Trinajstić information content (AvgIpc) is 3.28. The van der Waals surface area contributed by atoms with E-state index in [0.29, 0.717) is 33.4 Å². The molecule has 0 atom stereocenters. The number of hydrogen-bond acceptors (Lipinski definition) is 8. The monoisotopic (exact) mass is 496 g/mol. The molecule has 0 saturated heterocycles. The Hall–Kier alpha value is -5.12. The molecule has 3 N–H and O–H groups in total. The van der Waals surface area contributed by atoms with Crippen LogP contribution in [-0.2, 0) is 22.6 Å². The van der Waals surface area contributed by atoms with Gasteiger partial charge in [0.25, 0.3) is 11.8 Å². The SMILES string of the molecule is C=CC(=O)Cc1cc(O)cc(-c2nn(CCN(C(=O)C=C)C(=O)c3ccccc3)c3ncnc(N)c23)c1. The van der Waals surface area contributed by atoms with Gasteiger partial charge in [0.1, 0.15) is 23.6 Å². The van der Waals surface area contributed by atoms with Gasteiger partial charge >= 0.3 is 0 Å². The molecule has 2 amide bonds. The van der Waals surface area contributed by atoms with E-state index in [2.05, 4.69) is 28.2 Å². The van der Waals surface area contributed by atoms with Gasteiger partial charge < -0.3 is 10.8 Å². The summed E-state index contributed by atoms with van der Waals surface area (Å²) in [5, 5.41) is 15.4. The lowest BCUT2D eigenvalue weighted by Crippen LogP contribution is -2.38. The van der Waals surface area contributed by atoms with E-state index in [9.17, 15) is 19.5 Å². The van der Waals surface area contributed by atoms with Crippen molar-refractivity contribution in [2.24, 2.45) is 0 Å². The minimum Gasteiger partial charge on any atom is -0.508 e. The number of nitrogens with zero attached hydrogens (tertiary/aromatic N) is 5. The van der Waals surface area contributed by atoms with Gasteiger partial charge in [-0.1, -0.05) is 31.4 Å². The molecule has 0 fully saturated rings. The summed E-state index contributed by atoms with van der Waals surface area (Å²) in [5.74, 6) is -1.12. The average molecular weight is 497 g/mol. The lowest BCUT2D eigenvalue weighted by atomic mass is 10.0. The maximum atomic E-state index is 13.0. The van der Waals surface area contributed by atoms with E-state index in [1.54, 1.807) is 36.4 Å². The third kappa shape index (κ3) is 5.27. The topological polar surface area (TPSA) is 144 Å². The molecule has 2 heterocycles. The van der Waals surface area contributed by atoms with Crippen molar-refractivity contribution in [2.75, 3.05) is 12.3 Å². The number of aromatic hydroxyl groups is 1. The number of aromatic nitrogens is 4. The standard InChI is InChI=1S/C27H24N6O4/c1-3-20(34)13-17-12-19(15-21(35)14-17)24-23-25(28)29-16-30-26(23)33(31-24)11-10-32(22(36)4-2)27(37)18-8-6-5-7-9-18/h3-9,12,14-16,35H,1-2,10-11,13H2,(H2,28,29,30). The summed E-state index contributed by atoms with van der Waals surface area (Å²) in [6, 6.07) is 13.1. The summed E-state index contributed by atoms with van der Waals surface area (Å²) in [6.07, 6.45) is 3.63. The number of amides is 2. The van der Waals surface area contributed by atoms with Crippen molar-refractivity contribution >= 4 is 34.4 Å². The van der Waals surface area contributed by atoms with E-state index in [1.807, 2.05) is 0 Å². The fourth-order valence-electron chi connectivity index (χ4n) is 3.93. The second kappa shape index (κ2) is 10.6. The van der Waals surface area contributed by atoms with E-state index in [0.717, 1.165) is 11.0 Å². The number of ketones is 1. The number of hydrogen-bond donors (Lipinski definition) is 2. The molecule has 0 saturated carbocycles. The van der Waals surface area contributed by atoms with Crippen LogP contribution in [0.25, 0.3) is 22.3 Å². The van der Waals surface area contributed by atoms with Gasteiger partial charge in [-0.15, -0.1) is 0 Å². The fourth-order valence-corrected chi connectivity index (χ4v) is 3.93. The molecule has 0 aliphatic heterocycles. The zero-order chi connectivity index (χ0) is 26.5. The largest absolute Gasteiger partial charge is 0.508 e. The summed E-state index contributed by atoms with van der Waals surface area (Å²) in [7, 11) is 0. The Labute approximate surface area is 212 Å². The maximum Gasteiger partial charge on any atom is 0.260 e. The molecule has 2 aromatic carbocycles. The number of phenols is 1. The molecule has 2 aromatic heterocycles. The fraction of sp³-hybridized carbons (Fsp3) is 0.111. The van der Waals surface area contributed by atoms with Crippen LogP contribution in [-0.4, -0.2) is 53.9 Å². The molecule has 0 aliphatic carbocycles. The second-order valence-corrected chi connectivity index (χ2v) is 8.13. The Morgan fingerprint density at radius 2 is 1.81 bits per heavy atom. The molecular weight excluding hydrogens is 472 g/mol. The zero-order valence-electron chi connectivity index (χ0n) is 19.9. The van der Waals surface area contributed by atoms with Crippen LogP contribution in [0.2, 0.25) is 0 Å². The molecule has 4 aromatic rings. The summed E-state index contributed by atoms with van der Waals surface area (Å²) in [5.41, 5.74) is 8.35. The van der Waals surface area contributed by atoms with Crippen molar-refractivity contribution in [3.63, 3.8) is 0 Å². The van der Waals surface area contributed by atoms with E-state index in [4.69, 9.17) is 5.73 Å². The lowest BCUT2D eigenvalue weighted by Gasteiger charge is -2.19. The molecule has 0 bridgehead atoms. The predicted octanol–water partition coefficient (Wildman–Crippen LogP) is 2.93. The first-order valence-corrected chi connectivity index (χ1v) is 11.3. The molecule has 10 heteroatoms. The number of rotatable bonds is 9. The molecule has 0 unspecified atom stereocenters. The number of imide groups is 1. The second-order valence-electron chi connectivity index (χ2n) is 8.13. The number of nitrogen functional groups attached to an aromatic ring is 1. The Kier molecular flexibility index (Phi) is 7.19. The lowest BCUT2D eigenvalue weighted by molar-refractivity contribution is -0.123. The van der Waals surface area contributed by atoms with Crippen LogP contribution in [0.3, 0.4) is 0 Å². The van der Waals surface area contributed by atoms with E-state index in [1.165, 1.54) is 29.2 Å². The van der Waals surface area contributed by atoms with Gasteiger partial charge in [0.05, 0.1) is 11.9 Å². The number of allylic oxidation sites excluding steroid dienone is 1. The Morgan fingerprint density at radius 3 is 2.51 bits per heavy atom. The van der Waals surface area contributed by atoms with Gasteiger partial charge in [-0.25, -0.2) is 14.6 Å². The van der Waals surface area contributed by atoms with Crippen molar-refractivity contribution in [3.8, 4) is 17.0 Å². The van der Waals surface area contributed by atoms with Crippen LogP contribution >= 0.6 is 0 Å². The molecular formula is C27H24N6O4. The highest BCUT2D eigenvalue weighted by atomic mass is 16.3. The van der Waals surface area contributed by atoms with E-state index < -0.39 is 11.8 Å². The number of fused-ring (bicyclic) bond motifs is 1. The Morgan fingerprint density at radius 1 is 1.05 bits per heavy atom. The minimum absolute atomic E-state index is 0.0160. The first kappa shape index (κ1) is 25.0. The highest BCUT2D eigenvalue weighted by molar-refractivity contribution is 6.07. The highest BCUT2D eigenvalue weighted by Gasteiger charge is 2.23. The van der Waals surface area contributed by atoms with Crippen LogP contribution in [0.5, 0.6) is 5.75 Å². The van der Waals surface area contributed by atoms with E-state index in [-0.39, 0.29) is 36.9 Å². The van der Waals surface area contributed by atoms with Gasteiger partial charge in [-0.3, -0.25) is 19.3 Å².